The number of thiazole rings is 1. The quantitative estimate of drug-likeness (QED) is 0.523. The lowest BCUT2D eigenvalue weighted by molar-refractivity contribution is 0.475. The molecule has 0 bridgehead atoms. The number of hydrogen-bond acceptors (Lipinski definition) is 7. The number of nitrogens with zero attached hydrogens (tertiary/aromatic N) is 4. The normalized spacial score (nSPS) is 10.7. The zero-order chi connectivity index (χ0) is 17.4. The molecule has 0 unspecified atom stereocenters. The summed E-state index contributed by atoms with van der Waals surface area (Å²) in [5.41, 5.74) is 7.78. The van der Waals surface area contributed by atoms with Crippen molar-refractivity contribution in [3.8, 4) is 17.0 Å². The van der Waals surface area contributed by atoms with Gasteiger partial charge in [-0.2, -0.15) is 9.94 Å². The van der Waals surface area contributed by atoms with Gasteiger partial charge in [-0.05, 0) is 24.3 Å². The van der Waals surface area contributed by atoms with Crippen molar-refractivity contribution < 1.29 is 5.11 Å². The molecular weight excluding hydrogens is 336 g/mol. The van der Waals surface area contributed by atoms with Gasteiger partial charge in [0, 0.05) is 11.8 Å². The van der Waals surface area contributed by atoms with E-state index in [1.54, 1.807) is 18.2 Å². The van der Waals surface area contributed by atoms with Crippen molar-refractivity contribution >= 4 is 38.9 Å². The number of para-hydroxylation sites is 1. The van der Waals surface area contributed by atoms with Crippen molar-refractivity contribution in [3.63, 3.8) is 0 Å². The molecule has 122 valence electrons. The van der Waals surface area contributed by atoms with Crippen LogP contribution >= 0.6 is 11.3 Å². The Kier molecular flexibility index (Phi) is 3.48. The van der Waals surface area contributed by atoms with Crippen LogP contribution in [0, 0.1) is 11.3 Å². The molecule has 0 saturated carbocycles. The van der Waals surface area contributed by atoms with Crippen LogP contribution in [0.25, 0.3) is 15.3 Å². The van der Waals surface area contributed by atoms with Crippen LogP contribution < -0.4 is 11.1 Å². The first-order valence-corrected chi connectivity index (χ1v) is 8.18. The molecule has 2 heterocycles. The van der Waals surface area contributed by atoms with Gasteiger partial charge in [0.2, 0.25) is 5.13 Å². The summed E-state index contributed by atoms with van der Waals surface area (Å²) in [4.78, 5) is 4.52. The fraction of sp³-hybridized carbons (Fsp3) is 0. The lowest BCUT2D eigenvalue weighted by Crippen LogP contribution is -2.01. The van der Waals surface area contributed by atoms with Gasteiger partial charge < -0.3 is 16.2 Å². The summed E-state index contributed by atoms with van der Waals surface area (Å²) < 4.78 is 2.46. The van der Waals surface area contributed by atoms with Crippen LogP contribution in [0.3, 0.4) is 0 Å². The Labute approximate surface area is 146 Å². The Hall–Kier alpha value is -3.57. The number of anilines is 3. The van der Waals surface area contributed by atoms with Gasteiger partial charge in [0.15, 0.2) is 5.82 Å². The average Bonchev–Trinajstić information content (AvgIpc) is 3.15. The molecule has 0 saturated heterocycles. The highest BCUT2D eigenvalue weighted by Crippen LogP contribution is 2.31. The first kappa shape index (κ1) is 15.0. The number of hydrogen-bond donors (Lipinski definition) is 3. The van der Waals surface area contributed by atoms with Gasteiger partial charge in [-0.25, -0.2) is 4.98 Å². The Bertz CT molecular complexity index is 1090. The number of nitriles is 1. The molecule has 8 heteroatoms. The second kappa shape index (κ2) is 5.81. The van der Waals surface area contributed by atoms with Crippen LogP contribution in [0.1, 0.15) is 5.56 Å². The van der Waals surface area contributed by atoms with E-state index in [0.29, 0.717) is 16.6 Å². The number of rotatable bonds is 3. The molecule has 4 rings (SSSR count). The van der Waals surface area contributed by atoms with Gasteiger partial charge in [-0.15, -0.1) is 5.10 Å². The fourth-order valence-electron chi connectivity index (χ4n) is 2.45. The number of aromatic hydroxyl groups is 1. The molecule has 0 radical (unpaired) electrons. The van der Waals surface area contributed by atoms with E-state index in [1.807, 2.05) is 24.3 Å². The molecule has 2 aromatic heterocycles. The average molecular weight is 348 g/mol. The molecule has 0 fully saturated rings. The predicted octanol–water partition coefficient (Wildman–Crippen LogP) is 3.39. The number of benzene rings is 2. The van der Waals surface area contributed by atoms with Crippen LogP contribution in [0.2, 0.25) is 0 Å². The van der Waals surface area contributed by atoms with Crippen molar-refractivity contribution in [2.75, 3.05) is 11.1 Å². The first-order chi connectivity index (χ1) is 12.2. The van der Waals surface area contributed by atoms with Crippen LogP contribution in [0.4, 0.5) is 17.3 Å². The van der Waals surface area contributed by atoms with E-state index in [9.17, 15) is 10.4 Å². The third-order valence-corrected chi connectivity index (χ3v) is 4.62. The van der Waals surface area contributed by atoms with Crippen LogP contribution in [-0.4, -0.2) is 19.9 Å². The van der Waals surface area contributed by atoms with Crippen molar-refractivity contribution in [1.82, 2.24) is 14.8 Å². The van der Waals surface area contributed by atoms with Gasteiger partial charge in [0.05, 0.1) is 10.2 Å². The minimum Gasteiger partial charge on any atom is -0.508 e. The maximum Gasteiger partial charge on any atom is 0.213 e. The largest absolute Gasteiger partial charge is 0.508 e. The van der Waals surface area contributed by atoms with Crippen molar-refractivity contribution in [2.45, 2.75) is 0 Å². The molecule has 4 aromatic rings. The molecule has 0 atom stereocenters. The zero-order valence-corrected chi connectivity index (χ0v) is 13.7. The number of aromatic nitrogens is 3. The number of nitrogens with two attached hydrogens (primary N) is 1. The van der Waals surface area contributed by atoms with E-state index in [1.165, 1.54) is 22.1 Å². The van der Waals surface area contributed by atoms with E-state index < -0.39 is 0 Å². The van der Waals surface area contributed by atoms with Gasteiger partial charge in [-0.1, -0.05) is 29.5 Å². The number of phenolic OH excluding ortho intramolecular Hbond substituents is 1. The monoisotopic (exact) mass is 348 g/mol. The van der Waals surface area contributed by atoms with E-state index in [0.717, 1.165) is 10.2 Å². The van der Waals surface area contributed by atoms with Gasteiger partial charge in [0.1, 0.15) is 23.2 Å². The summed E-state index contributed by atoms with van der Waals surface area (Å²) in [7, 11) is 0. The van der Waals surface area contributed by atoms with Crippen molar-refractivity contribution in [3.05, 3.63) is 54.1 Å². The van der Waals surface area contributed by atoms with Gasteiger partial charge in [-0.3, -0.25) is 0 Å². The lowest BCUT2D eigenvalue weighted by atomic mass is 10.2. The number of phenols is 1. The molecule has 0 amide bonds. The van der Waals surface area contributed by atoms with E-state index >= 15 is 0 Å². The number of fused-ring (bicyclic) bond motifs is 1. The van der Waals surface area contributed by atoms with Crippen LogP contribution in [0.15, 0.2) is 48.5 Å². The summed E-state index contributed by atoms with van der Waals surface area (Å²) in [6.45, 7) is 0. The van der Waals surface area contributed by atoms with E-state index in [2.05, 4.69) is 21.5 Å². The Morgan fingerprint density at radius 1 is 1.20 bits per heavy atom. The lowest BCUT2D eigenvalue weighted by Gasteiger charge is -2.03. The summed E-state index contributed by atoms with van der Waals surface area (Å²) in [5, 5.41) is 27.0. The SMILES string of the molecule is N#Cc1c(Nc2cccc(O)c2)nn(-c2nc3ccccc3s2)c1N. The third kappa shape index (κ3) is 2.62. The highest BCUT2D eigenvalue weighted by Gasteiger charge is 2.19. The zero-order valence-electron chi connectivity index (χ0n) is 12.8. The third-order valence-electron chi connectivity index (χ3n) is 3.61. The maximum absolute atomic E-state index is 9.57. The molecule has 0 aliphatic rings. The predicted molar refractivity (Wildman–Crippen MR) is 97.3 cm³/mol. The number of nitrogen functional groups attached to an aromatic ring is 1. The maximum atomic E-state index is 9.57. The summed E-state index contributed by atoms with van der Waals surface area (Å²) >= 11 is 1.44. The summed E-state index contributed by atoms with van der Waals surface area (Å²) in [6, 6.07) is 16.3. The van der Waals surface area contributed by atoms with Gasteiger partial charge >= 0.3 is 0 Å². The molecule has 0 aliphatic heterocycles. The highest BCUT2D eigenvalue weighted by atomic mass is 32.1. The summed E-state index contributed by atoms with van der Waals surface area (Å²) in [6.07, 6.45) is 0. The molecule has 0 spiro atoms. The Morgan fingerprint density at radius 3 is 2.80 bits per heavy atom. The smallest absolute Gasteiger partial charge is 0.213 e. The number of nitrogens with one attached hydrogen (secondary N) is 1. The standard InChI is InChI=1S/C17H12N6OS/c18-9-12-15(19)23(17-21-13-6-1-2-7-14(13)25-17)22-16(12)20-10-4-3-5-11(24)8-10/h1-8,24H,19H2,(H,20,22). The highest BCUT2D eigenvalue weighted by molar-refractivity contribution is 7.20. The Balaban J connectivity index is 1.79. The molecule has 25 heavy (non-hydrogen) atoms. The topological polar surface area (TPSA) is 113 Å². The van der Waals surface area contributed by atoms with E-state index in [4.69, 9.17) is 5.73 Å². The summed E-state index contributed by atoms with van der Waals surface area (Å²) in [5.74, 6) is 0.635. The first-order valence-electron chi connectivity index (χ1n) is 7.36. The van der Waals surface area contributed by atoms with Crippen molar-refractivity contribution in [1.29, 1.82) is 5.26 Å². The molecule has 0 aliphatic carbocycles. The minimum atomic E-state index is 0.113. The second-order valence-corrected chi connectivity index (χ2v) is 6.28. The van der Waals surface area contributed by atoms with Gasteiger partial charge in [0.25, 0.3) is 0 Å². The second-order valence-electron chi connectivity index (χ2n) is 5.27. The minimum absolute atomic E-state index is 0.113. The fourth-order valence-corrected chi connectivity index (χ4v) is 3.38. The van der Waals surface area contributed by atoms with Crippen molar-refractivity contribution in [2.24, 2.45) is 0 Å². The van der Waals surface area contributed by atoms with E-state index in [-0.39, 0.29) is 17.1 Å². The molecule has 4 N–H and O–H groups in total. The molecule has 2 aromatic carbocycles. The molecular formula is C17H12N6OS. The van der Waals surface area contributed by atoms with Crippen LogP contribution in [0.5, 0.6) is 5.75 Å². The molecule has 7 nitrogen and oxygen atoms in total. The van der Waals surface area contributed by atoms with Crippen LogP contribution in [-0.2, 0) is 0 Å². The Morgan fingerprint density at radius 2 is 2.04 bits per heavy atom.